The van der Waals surface area contributed by atoms with Gasteiger partial charge in [-0.1, -0.05) is 18.2 Å². The van der Waals surface area contributed by atoms with Crippen molar-refractivity contribution in [3.63, 3.8) is 0 Å². The van der Waals surface area contributed by atoms with Gasteiger partial charge >= 0.3 is 6.03 Å². The third-order valence-corrected chi connectivity index (χ3v) is 6.00. The Bertz CT molecular complexity index is 661. The molecule has 0 saturated heterocycles. The molecule has 1 aromatic heterocycles. The molecule has 0 radical (unpaired) electrons. The number of aliphatic hydroxyl groups excluding tert-OH is 1. The fourth-order valence-corrected chi connectivity index (χ4v) is 4.24. The average Bonchev–Trinajstić information content (AvgIpc) is 3.47. The van der Waals surface area contributed by atoms with Crippen molar-refractivity contribution < 1.29 is 9.90 Å². The number of hydrogen-bond donors (Lipinski definition) is 3. The van der Waals surface area contributed by atoms with Crippen molar-refractivity contribution in [1.29, 1.82) is 0 Å². The van der Waals surface area contributed by atoms with E-state index < -0.39 is 6.10 Å². The van der Waals surface area contributed by atoms with Crippen LogP contribution in [0.25, 0.3) is 10.1 Å². The van der Waals surface area contributed by atoms with E-state index in [0.717, 1.165) is 15.0 Å². The Morgan fingerprint density at radius 3 is 2.57 bits per heavy atom. The van der Waals surface area contributed by atoms with Crippen molar-refractivity contribution in [3.05, 3.63) is 35.2 Å². The van der Waals surface area contributed by atoms with Crippen LogP contribution in [-0.2, 0) is 0 Å². The van der Waals surface area contributed by atoms with Crippen LogP contribution < -0.4 is 10.6 Å². The van der Waals surface area contributed by atoms with E-state index in [9.17, 15) is 9.90 Å². The van der Waals surface area contributed by atoms with Gasteiger partial charge in [0, 0.05) is 15.6 Å². The summed E-state index contributed by atoms with van der Waals surface area (Å²) in [7, 11) is 0. The zero-order valence-electron chi connectivity index (χ0n) is 13.0. The molecule has 3 N–H and O–H groups in total. The van der Waals surface area contributed by atoms with Gasteiger partial charge in [-0.05, 0) is 55.0 Å². The summed E-state index contributed by atoms with van der Waals surface area (Å²) < 4.78 is 1.16. The van der Waals surface area contributed by atoms with Gasteiger partial charge in [0.2, 0.25) is 0 Å². The molecule has 2 saturated carbocycles. The van der Waals surface area contributed by atoms with Crippen LogP contribution >= 0.6 is 11.3 Å². The quantitative estimate of drug-likeness (QED) is 0.760. The summed E-state index contributed by atoms with van der Waals surface area (Å²) >= 11 is 1.58. The van der Waals surface area contributed by atoms with Gasteiger partial charge in [0.15, 0.2) is 0 Å². The molecule has 2 aromatic rings. The standard InChI is InChI=1S/C18H22N2O2S/c21-14(16-9-13-3-1-2-4-15(13)23-16)10-19-18(22)20-17(11-5-6-11)12-7-8-12/h1-4,9,11-12,14,17,21H,5-8,10H2,(H2,19,20,22). The lowest BCUT2D eigenvalue weighted by atomic mass is 10.1. The van der Waals surface area contributed by atoms with Crippen LogP contribution in [0.15, 0.2) is 30.3 Å². The first-order valence-electron chi connectivity index (χ1n) is 8.41. The lowest BCUT2D eigenvalue weighted by Crippen LogP contribution is -2.45. The highest BCUT2D eigenvalue weighted by Crippen LogP contribution is 2.44. The van der Waals surface area contributed by atoms with E-state index >= 15 is 0 Å². The predicted molar refractivity (Wildman–Crippen MR) is 92.6 cm³/mol. The molecule has 0 aliphatic heterocycles. The maximum atomic E-state index is 12.1. The molecule has 2 aliphatic rings. The highest BCUT2D eigenvalue weighted by atomic mass is 32.1. The number of aliphatic hydroxyl groups is 1. The molecule has 2 aliphatic carbocycles. The molecule has 1 atom stereocenters. The van der Waals surface area contributed by atoms with E-state index in [2.05, 4.69) is 10.6 Å². The second kappa shape index (κ2) is 6.13. The van der Waals surface area contributed by atoms with Gasteiger partial charge in [0.05, 0.1) is 6.54 Å². The van der Waals surface area contributed by atoms with Crippen LogP contribution in [0.4, 0.5) is 4.79 Å². The molecule has 2 amide bonds. The SMILES string of the molecule is O=C(NCC(O)c1cc2ccccc2s1)NC(C1CC1)C1CC1. The molecule has 0 bridgehead atoms. The number of fused-ring (bicyclic) bond motifs is 1. The zero-order valence-corrected chi connectivity index (χ0v) is 13.8. The Hall–Kier alpha value is -1.59. The third kappa shape index (κ3) is 3.51. The summed E-state index contributed by atoms with van der Waals surface area (Å²) in [6.07, 6.45) is 4.31. The maximum Gasteiger partial charge on any atom is 0.315 e. The minimum atomic E-state index is -0.654. The van der Waals surface area contributed by atoms with E-state index in [1.165, 1.54) is 25.7 Å². The summed E-state index contributed by atoms with van der Waals surface area (Å²) in [4.78, 5) is 13.0. The van der Waals surface area contributed by atoms with Crippen LogP contribution in [0.3, 0.4) is 0 Å². The fraction of sp³-hybridized carbons (Fsp3) is 0.500. The lowest BCUT2D eigenvalue weighted by molar-refractivity contribution is 0.175. The van der Waals surface area contributed by atoms with Gasteiger partial charge in [-0.15, -0.1) is 11.3 Å². The van der Waals surface area contributed by atoms with Crippen molar-refractivity contribution in [2.75, 3.05) is 6.54 Å². The summed E-state index contributed by atoms with van der Waals surface area (Å²) in [5.41, 5.74) is 0. The number of rotatable bonds is 6. The molecule has 23 heavy (non-hydrogen) atoms. The first-order valence-corrected chi connectivity index (χ1v) is 9.23. The van der Waals surface area contributed by atoms with Gasteiger partial charge in [0.1, 0.15) is 6.10 Å². The Balaban J connectivity index is 1.31. The number of carbonyl (C=O) groups is 1. The molecule has 2 fully saturated rings. The number of urea groups is 1. The van der Waals surface area contributed by atoms with E-state index in [4.69, 9.17) is 0 Å². The molecule has 122 valence electrons. The summed E-state index contributed by atoms with van der Waals surface area (Å²) in [5.74, 6) is 1.36. The van der Waals surface area contributed by atoms with Crippen molar-refractivity contribution in [3.8, 4) is 0 Å². The van der Waals surface area contributed by atoms with Crippen LogP contribution in [0, 0.1) is 11.8 Å². The van der Waals surface area contributed by atoms with Crippen molar-refractivity contribution in [2.24, 2.45) is 11.8 Å². The highest BCUT2D eigenvalue weighted by Gasteiger charge is 2.42. The van der Waals surface area contributed by atoms with Crippen molar-refractivity contribution in [1.82, 2.24) is 10.6 Å². The van der Waals surface area contributed by atoms with Crippen molar-refractivity contribution >= 4 is 27.5 Å². The molecule has 0 spiro atoms. The molecule has 4 rings (SSSR count). The molecular formula is C18H22N2O2S. The first kappa shape index (κ1) is 15.0. The molecule has 1 unspecified atom stereocenters. The van der Waals surface area contributed by atoms with Gasteiger partial charge in [-0.2, -0.15) is 0 Å². The van der Waals surface area contributed by atoms with Crippen LogP contribution in [-0.4, -0.2) is 23.7 Å². The second-order valence-corrected chi connectivity index (χ2v) is 7.87. The second-order valence-electron chi connectivity index (χ2n) is 6.76. The zero-order chi connectivity index (χ0) is 15.8. The normalized spacial score (nSPS) is 19.0. The number of hydrogen-bond acceptors (Lipinski definition) is 3. The van der Waals surface area contributed by atoms with Crippen molar-refractivity contribution in [2.45, 2.75) is 37.8 Å². The molecule has 4 nitrogen and oxygen atoms in total. The predicted octanol–water partition coefficient (Wildman–Crippen LogP) is 3.42. The summed E-state index contributed by atoms with van der Waals surface area (Å²) in [5, 5.41) is 17.4. The first-order chi connectivity index (χ1) is 11.2. The van der Waals surface area contributed by atoms with Gasteiger partial charge in [-0.3, -0.25) is 0 Å². The van der Waals surface area contributed by atoms with Crippen LogP contribution in [0.1, 0.15) is 36.7 Å². The Morgan fingerprint density at radius 2 is 1.91 bits per heavy atom. The van der Waals surface area contributed by atoms with Gasteiger partial charge in [0.25, 0.3) is 0 Å². The Kier molecular flexibility index (Phi) is 3.99. The minimum absolute atomic E-state index is 0.144. The van der Waals surface area contributed by atoms with Gasteiger partial charge in [-0.25, -0.2) is 4.79 Å². The minimum Gasteiger partial charge on any atom is -0.386 e. The topological polar surface area (TPSA) is 61.4 Å². The van der Waals surface area contributed by atoms with E-state index in [-0.39, 0.29) is 12.6 Å². The largest absolute Gasteiger partial charge is 0.386 e. The fourth-order valence-electron chi connectivity index (χ4n) is 3.19. The maximum absolute atomic E-state index is 12.1. The monoisotopic (exact) mass is 330 g/mol. The van der Waals surface area contributed by atoms with E-state index in [0.29, 0.717) is 17.9 Å². The van der Waals surface area contributed by atoms with Gasteiger partial charge < -0.3 is 15.7 Å². The number of benzene rings is 1. The Morgan fingerprint density at radius 1 is 1.22 bits per heavy atom. The van der Waals surface area contributed by atoms with E-state index in [1.54, 1.807) is 11.3 Å². The molecule has 1 aromatic carbocycles. The Labute approximate surface area is 139 Å². The number of thiophene rings is 1. The van der Waals surface area contributed by atoms with Crippen LogP contribution in [0.5, 0.6) is 0 Å². The average molecular weight is 330 g/mol. The number of carbonyl (C=O) groups excluding carboxylic acids is 1. The molecule has 5 heteroatoms. The molecular weight excluding hydrogens is 308 g/mol. The third-order valence-electron chi connectivity index (χ3n) is 4.79. The lowest BCUT2D eigenvalue weighted by Gasteiger charge is -2.19. The smallest absolute Gasteiger partial charge is 0.315 e. The molecule has 1 heterocycles. The van der Waals surface area contributed by atoms with E-state index in [1.807, 2.05) is 30.3 Å². The summed E-state index contributed by atoms with van der Waals surface area (Å²) in [6.45, 7) is 0.251. The highest BCUT2D eigenvalue weighted by molar-refractivity contribution is 7.19. The summed E-state index contributed by atoms with van der Waals surface area (Å²) in [6, 6.07) is 10.3. The number of nitrogens with one attached hydrogen (secondary N) is 2. The number of amides is 2. The van der Waals surface area contributed by atoms with Crippen LogP contribution in [0.2, 0.25) is 0 Å².